The second-order valence-corrected chi connectivity index (χ2v) is 11.7. The molecule has 0 aromatic carbocycles. The molecule has 0 fully saturated rings. The number of cyclic esters (lactones) is 1. The molecule has 9 heteroatoms. The molecule has 2 heterocycles. The van der Waals surface area contributed by atoms with E-state index in [1.54, 1.807) is 19.9 Å². The first-order valence-electron chi connectivity index (χ1n) is 12.7. The Labute approximate surface area is 223 Å². The van der Waals surface area contributed by atoms with Crippen LogP contribution in [-0.2, 0) is 20.9 Å². The van der Waals surface area contributed by atoms with Gasteiger partial charge in [0.1, 0.15) is 16.9 Å². The molecule has 202 valence electrons. The molecule has 36 heavy (non-hydrogen) atoms. The molecule has 5 unspecified atom stereocenters. The molecule has 2 rings (SSSR count). The number of ether oxygens (including phenoxy) is 1. The van der Waals surface area contributed by atoms with Gasteiger partial charge in [-0.1, -0.05) is 50.9 Å². The molecular weight excluding hydrogens is 500 g/mol. The zero-order chi connectivity index (χ0) is 27.0. The Bertz CT molecular complexity index is 958. The van der Waals surface area contributed by atoms with Gasteiger partial charge in [0.2, 0.25) is 0 Å². The van der Waals surface area contributed by atoms with E-state index in [2.05, 4.69) is 4.98 Å². The number of aliphatic hydroxyl groups is 2. The summed E-state index contributed by atoms with van der Waals surface area (Å²) in [6.45, 7) is 9.39. The topological polar surface area (TPSA) is 123 Å². The van der Waals surface area contributed by atoms with Crippen LogP contribution in [-0.4, -0.2) is 45.3 Å². The van der Waals surface area contributed by atoms with Crippen molar-refractivity contribution in [2.45, 2.75) is 98.0 Å². The lowest BCUT2D eigenvalue weighted by Gasteiger charge is -2.35. The average molecular weight is 541 g/mol. The average Bonchev–Trinajstić information content (AvgIpc) is 3.28. The third-order valence-electron chi connectivity index (χ3n) is 7.12. The van der Waals surface area contributed by atoms with Crippen LogP contribution in [0.5, 0.6) is 0 Å². The summed E-state index contributed by atoms with van der Waals surface area (Å²) in [6, 6.07) is 0. The summed E-state index contributed by atoms with van der Waals surface area (Å²) in [7, 11) is 0. The first-order valence-corrected chi connectivity index (χ1v) is 13.9. The van der Waals surface area contributed by atoms with Crippen molar-refractivity contribution < 1.29 is 24.5 Å². The van der Waals surface area contributed by atoms with Crippen molar-refractivity contribution in [1.82, 2.24) is 4.98 Å². The van der Waals surface area contributed by atoms with Crippen molar-refractivity contribution in [2.75, 3.05) is 0 Å². The van der Waals surface area contributed by atoms with E-state index in [9.17, 15) is 19.8 Å². The van der Waals surface area contributed by atoms with Gasteiger partial charge in [0.05, 0.1) is 34.8 Å². The maximum absolute atomic E-state index is 13.4. The highest BCUT2D eigenvalue weighted by atomic mass is 35.5. The van der Waals surface area contributed by atoms with E-state index >= 15 is 0 Å². The molecule has 4 N–H and O–H groups in total. The minimum atomic E-state index is -1.27. The van der Waals surface area contributed by atoms with Gasteiger partial charge in [0.25, 0.3) is 0 Å². The Balaban J connectivity index is 2.35. The maximum Gasteiger partial charge on any atom is 0.309 e. The molecular formula is C27H41ClN2O5S. The first kappa shape index (κ1) is 30.6. The molecule has 1 aliphatic rings. The Hall–Kier alpha value is -1.58. The number of ketones is 1. The van der Waals surface area contributed by atoms with Gasteiger partial charge in [-0.15, -0.1) is 11.3 Å². The highest BCUT2D eigenvalue weighted by Gasteiger charge is 2.43. The molecule has 0 saturated carbocycles. The maximum atomic E-state index is 13.4. The molecule has 1 aliphatic heterocycles. The van der Waals surface area contributed by atoms with E-state index in [0.717, 1.165) is 29.8 Å². The van der Waals surface area contributed by atoms with E-state index in [-0.39, 0.29) is 18.1 Å². The van der Waals surface area contributed by atoms with Crippen molar-refractivity contribution in [3.8, 4) is 0 Å². The Morgan fingerprint density at radius 1 is 1.36 bits per heavy atom. The van der Waals surface area contributed by atoms with Crippen LogP contribution in [0.15, 0.2) is 22.1 Å². The van der Waals surface area contributed by atoms with Gasteiger partial charge in [-0.25, -0.2) is 4.98 Å². The van der Waals surface area contributed by atoms with Gasteiger partial charge in [0, 0.05) is 24.3 Å². The van der Waals surface area contributed by atoms with Crippen LogP contribution >= 0.6 is 22.9 Å². The predicted octanol–water partition coefficient (Wildman–Crippen LogP) is 4.98. The van der Waals surface area contributed by atoms with Crippen LogP contribution < -0.4 is 5.73 Å². The van der Waals surface area contributed by atoms with Crippen LogP contribution in [0.25, 0.3) is 6.08 Å². The fourth-order valence-electron chi connectivity index (χ4n) is 4.46. The normalized spacial score (nSPS) is 31.0. The molecule has 5 atom stereocenters. The second-order valence-electron chi connectivity index (χ2n) is 10.3. The molecule has 1 aromatic rings. The van der Waals surface area contributed by atoms with Gasteiger partial charge < -0.3 is 20.7 Å². The van der Waals surface area contributed by atoms with E-state index in [1.165, 1.54) is 11.3 Å². The number of aromatic nitrogens is 1. The summed E-state index contributed by atoms with van der Waals surface area (Å²) >= 11 is 8.02. The van der Waals surface area contributed by atoms with Crippen molar-refractivity contribution in [3.05, 3.63) is 32.8 Å². The summed E-state index contributed by atoms with van der Waals surface area (Å²) in [5.74, 6) is -1.59. The van der Waals surface area contributed by atoms with Gasteiger partial charge in [-0.3, -0.25) is 9.59 Å². The number of hydrogen-bond donors (Lipinski definition) is 3. The lowest BCUT2D eigenvalue weighted by atomic mass is 9.71. The van der Waals surface area contributed by atoms with E-state index < -0.39 is 35.6 Å². The van der Waals surface area contributed by atoms with Gasteiger partial charge in [-0.2, -0.15) is 0 Å². The molecule has 0 spiro atoms. The smallest absolute Gasteiger partial charge is 0.309 e. The Morgan fingerprint density at radius 2 is 2.06 bits per heavy atom. The van der Waals surface area contributed by atoms with Crippen LogP contribution in [0.4, 0.5) is 0 Å². The number of halogens is 1. The fraction of sp³-hybridized carbons (Fsp3) is 0.667. The number of aliphatic hydroxyl groups excluding tert-OH is 2. The SMILES string of the molecule is CCC1C(=O)C(C)(C)C(O)CC(=O)OC(C(Cl)=Cc2csc(CN)n2)C/C=C(/C)CCCC(C)C1O. The summed E-state index contributed by atoms with van der Waals surface area (Å²) in [4.78, 5) is 30.6. The lowest BCUT2D eigenvalue weighted by molar-refractivity contribution is -0.154. The number of rotatable bonds is 4. The van der Waals surface area contributed by atoms with Crippen molar-refractivity contribution in [1.29, 1.82) is 0 Å². The molecule has 0 aliphatic carbocycles. The largest absolute Gasteiger partial charge is 0.456 e. The number of carbonyl (C=O) groups is 2. The number of nitrogens with zero attached hydrogens (tertiary/aromatic N) is 1. The quantitative estimate of drug-likeness (QED) is 0.363. The lowest BCUT2D eigenvalue weighted by Crippen LogP contribution is -2.46. The standard InChI is InChI=1S/C27H41ClN2O5S/c1-6-19-25(33)17(3)9-7-8-16(2)10-11-21(20(28)12-18-15-36-23(14-29)30-18)35-24(32)13-22(31)27(4,5)26(19)34/h10,12,15,17,19,21-22,25,31,33H,6-9,11,13-14,29H2,1-5H3/b16-10-,20-12?. The summed E-state index contributed by atoms with van der Waals surface area (Å²) in [5, 5.41) is 24.8. The molecule has 0 amide bonds. The Kier molecular flexibility index (Phi) is 11.8. The first-order chi connectivity index (χ1) is 16.9. The van der Waals surface area contributed by atoms with Crippen molar-refractivity contribution in [2.24, 2.45) is 23.0 Å². The molecule has 1 aromatic heterocycles. The van der Waals surface area contributed by atoms with Crippen molar-refractivity contribution in [3.63, 3.8) is 0 Å². The highest BCUT2D eigenvalue weighted by molar-refractivity contribution is 7.09. The molecule has 0 saturated heterocycles. The number of carbonyl (C=O) groups excluding carboxylic acids is 2. The zero-order valence-corrected chi connectivity index (χ0v) is 23.6. The van der Waals surface area contributed by atoms with Crippen LogP contribution in [0, 0.1) is 17.3 Å². The van der Waals surface area contributed by atoms with Crippen LogP contribution in [0.2, 0.25) is 0 Å². The van der Waals surface area contributed by atoms with Gasteiger partial charge >= 0.3 is 5.97 Å². The molecule has 0 bridgehead atoms. The highest BCUT2D eigenvalue weighted by Crippen LogP contribution is 2.34. The zero-order valence-electron chi connectivity index (χ0n) is 22.0. The number of hydrogen-bond acceptors (Lipinski definition) is 8. The van der Waals surface area contributed by atoms with Gasteiger partial charge in [0.15, 0.2) is 0 Å². The number of Topliss-reactive ketones (excluding diaryl/α,β-unsaturated/α-hetero) is 1. The third kappa shape index (κ3) is 8.21. The summed E-state index contributed by atoms with van der Waals surface area (Å²) in [5.41, 5.74) is 6.17. The monoisotopic (exact) mass is 540 g/mol. The van der Waals surface area contributed by atoms with E-state index in [1.807, 2.05) is 32.2 Å². The summed E-state index contributed by atoms with van der Waals surface area (Å²) < 4.78 is 5.70. The number of esters is 1. The summed E-state index contributed by atoms with van der Waals surface area (Å²) in [6.07, 6.45) is 3.74. The second kappa shape index (κ2) is 13.8. The van der Waals surface area contributed by atoms with Crippen molar-refractivity contribution >= 4 is 40.8 Å². The van der Waals surface area contributed by atoms with E-state index in [4.69, 9.17) is 22.1 Å². The number of thiazole rings is 1. The van der Waals surface area contributed by atoms with Crippen LogP contribution in [0.1, 0.15) is 83.8 Å². The Morgan fingerprint density at radius 3 is 2.67 bits per heavy atom. The van der Waals surface area contributed by atoms with Gasteiger partial charge in [-0.05, 0) is 44.6 Å². The minimum Gasteiger partial charge on any atom is -0.456 e. The van der Waals surface area contributed by atoms with Crippen LogP contribution in [0.3, 0.4) is 0 Å². The predicted molar refractivity (Wildman–Crippen MR) is 144 cm³/mol. The third-order valence-corrected chi connectivity index (χ3v) is 8.36. The molecule has 0 radical (unpaired) electrons. The molecule has 7 nitrogen and oxygen atoms in total. The minimum absolute atomic E-state index is 0.0702. The number of allylic oxidation sites excluding steroid dienone is 1. The fourth-order valence-corrected chi connectivity index (χ4v) is 5.34. The van der Waals surface area contributed by atoms with E-state index in [0.29, 0.717) is 30.1 Å². The number of nitrogens with two attached hydrogens (primary N) is 1.